The molecule has 2 aromatic carbocycles. The molecule has 0 unspecified atom stereocenters. The standard InChI is InChI=1S/C21H13F4N5/c22-14-5-13(21(23,24)25)6-16(7-14)28-17-8-18(11-26)30-20(10-17)29-15-2-1-12-3-4-27-19(12)9-15/h1-10,27H,(H2,28,29,30). The fourth-order valence-corrected chi connectivity index (χ4v) is 2.99. The summed E-state index contributed by atoms with van der Waals surface area (Å²) in [6.45, 7) is 0. The predicted octanol–water partition coefficient (Wildman–Crippen LogP) is 6.08. The lowest BCUT2D eigenvalue weighted by Crippen LogP contribution is -2.06. The molecule has 9 heteroatoms. The molecular formula is C21H13F4N5. The van der Waals surface area contributed by atoms with Crippen LogP contribution in [0.3, 0.4) is 0 Å². The van der Waals surface area contributed by atoms with Crippen LogP contribution >= 0.6 is 0 Å². The normalized spacial score (nSPS) is 11.3. The molecule has 0 saturated heterocycles. The lowest BCUT2D eigenvalue weighted by molar-refractivity contribution is -0.137. The molecule has 2 aromatic heterocycles. The second kappa shape index (κ2) is 7.40. The van der Waals surface area contributed by atoms with E-state index in [1.54, 1.807) is 6.20 Å². The van der Waals surface area contributed by atoms with Gasteiger partial charge in [0.1, 0.15) is 23.4 Å². The highest BCUT2D eigenvalue weighted by molar-refractivity contribution is 5.83. The molecule has 4 aromatic rings. The number of hydrogen-bond donors (Lipinski definition) is 3. The highest BCUT2D eigenvalue weighted by atomic mass is 19.4. The van der Waals surface area contributed by atoms with Crippen molar-refractivity contribution in [2.24, 2.45) is 0 Å². The Hall–Kier alpha value is -4.06. The first-order valence-corrected chi connectivity index (χ1v) is 8.71. The van der Waals surface area contributed by atoms with E-state index in [2.05, 4.69) is 20.6 Å². The molecule has 4 rings (SSSR count). The van der Waals surface area contributed by atoms with Gasteiger partial charge >= 0.3 is 6.18 Å². The number of rotatable bonds is 4. The molecule has 0 aliphatic heterocycles. The molecule has 30 heavy (non-hydrogen) atoms. The van der Waals surface area contributed by atoms with Crippen LogP contribution in [0.15, 0.2) is 60.8 Å². The fraction of sp³-hybridized carbons (Fsp3) is 0.0476. The number of benzene rings is 2. The number of hydrogen-bond acceptors (Lipinski definition) is 4. The van der Waals surface area contributed by atoms with Crippen LogP contribution in [-0.2, 0) is 6.18 Å². The molecule has 0 aliphatic carbocycles. The molecule has 0 spiro atoms. The maximum absolute atomic E-state index is 13.7. The summed E-state index contributed by atoms with van der Waals surface area (Å²) >= 11 is 0. The Bertz CT molecular complexity index is 1270. The molecular weight excluding hydrogens is 398 g/mol. The van der Waals surface area contributed by atoms with Crippen molar-refractivity contribution in [3.8, 4) is 6.07 Å². The van der Waals surface area contributed by atoms with Gasteiger partial charge in [0.25, 0.3) is 0 Å². The van der Waals surface area contributed by atoms with Crippen molar-refractivity contribution in [1.82, 2.24) is 9.97 Å². The van der Waals surface area contributed by atoms with Crippen molar-refractivity contribution in [3.05, 3.63) is 77.9 Å². The number of fused-ring (bicyclic) bond motifs is 1. The molecule has 150 valence electrons. The average molecular weight is 411 g/mol. The average Bonchev–Trinajstić information content (AvgIpc) is 3.14. The Labute approximate surface area is 168 Å². The van der Waals surface area contributed by atoms with E-state index < -0.39 is 17.6 Å². The third-order valence-corrected chi connectivity index (χ3v) is 4.28. The third kappa shape index (κ3) is 4.17. The highest BCUT2D eigenvalue weighted by Crippen LogP contribution is 2.33. The summed E-state index contributed by atoms with van der Waals surface area (Å²) in [5.74, 6) is -0.727. The molecule has 0 amide bonds. The summed E-state index contributed by atoms with van der Waals surface area (Å²) in [6.07, 6.45) is -2.88. The number of aromatic nitrogens is 2. The van der Waals surface area contributed by atoms with Crippen LogP contribution in [-0.4, -0.2) is 9.97 Å². The maximum atomic E-state index is 13.7. The zero-order valence-electron chi connectivity index (χ0n) is 15.2. The van der Waals surface area contributed by atoms with Gasteiger partial charge in [-0.1, -0.05) is 6.07 Å². The second-order valence-electron chi connectivity index (χ2n) is 6.49. The molecule has 0 bridgehead atoms. The number of aromatic amines is 1. The lowest BCUT2D eigenvalue weighted by atomic mass is 10.1. The van der Waals surface area contributed by atoms with E-state index >= 15 is 0 Å². The number of pyridine rings is 1. The minimum Gasteiger partial charge on any atom is -0.361 e. The Morgan fingerprint density at radius 1 is 0.900 bits per heavy atom. The van der Waals surface area contributed by atoms with E-state index in [-0.39, 0.29) is 17.1 Å². The first-order valence-electron chi connectivity index (χ1n) is 8.71. The van der Waals surface area contributed by atoms with Crippen molar-refractivity contribution in [2.45, 2.75) is 6.18 Å². The molecule has 0 aliphatic rings. The van der Waals surface area contributed by atoms with E-state index in [0.717, 1.165) is 23.0 Å². The Balaban J connectivity index is 1.65. The van der Waals surface area contributed by atoms with Gasteiger partial charge < -0.3 is 15.6 Å². The van der Waals surface area contributed by atoms with Crippen LogP contribution in [0.5, 0.6) is 0 Å². The molecule has 0 saturated carbocycles. The molecule has 0 atom stereocenters. The number of alkyl halides is 3. The summed E-state index contributed by atoms with van der Waals surface area (Å²) in [4.78, 5) is 7.24. The Kier molecular flexibility index (Phi) is 4.75. The fourth-order valence-electron chi connectivity index (χ4n) is 2.99. The highest BCUT2D eigenvalue weighted by Gasteiger charge is 2.31. The minimum atomic E-state index is -4.68. The Morgan fingerprint density at radius 3 is 2.47 bits per heavy atom. The minimum absolute atomic E-state index is 0.0379. The largest absolute Gasteiger partial charge is 0.416 e. The smallest absolute Gasteiger partial charge is 0.361 e. The van der Waals surface area contributed by atoms with Crippen LogP contribution < -0.4 is 10.6 Å². The predicted molar refractivity (Wildman–Crippen MR) is 105 cm³/mol. The topological polar surface area (TPSA) is 76.5 Å². The monoisotopic (exact) mass is 411 g/mol. The van der Waals surface area contributed by atoms with Gasteiger partial charge in [-0.3, -0.25) is 0 Å². The molecule has 5 nitrogen and oxygen atoms in total. The van der Waals surface area contributed by atoms with Crippen molar-refractivity contribution in [1.29, 1.82) is 5.26 Å². The quantitative estimate of drug-likeness (QED) is 0.356. The van der Waals surface area contributed by atoms with Crippen LogP contribution in [0.1, 0.15) is 11.3 Å². The molecule has 3 N–H and O–H groups in total. The number of halogens is 4. The van der Waals surface area contributed by atoms with Crippen molar-refractivity contribution in [2.75, 3.05) is 10.6 Å². The molecule has 0 radical (unpaired) electrons. The van der Waals surface area contributed by atoms with Crippen molar-refractivity contribution < 1.29 is 17.6 Å². The SMILES string of the molecule is N#Cc1cc(Nc2cc(F)cc(C(F)(F)F)c2)cc(Nc2ccc3cc[nH]c3c2)n1. The summed E-state index contributed by atoms with van der Waals surface area (Å²) in [5, 5.41) is 16.0. The van der Waals surface area contributed by atoms with E-state index in [1.165, 1.54) is 12.1 Å². The van der Waals surface area contributed by atoms with Gasteiger partial charge in [-0.05, 0) is 47.9 Å². The van der Waals surface area contributed by atoms with E-state index in [1.807, 2.05) is 30.3 Å². The van der Waals surface area contributed by atoms with Crippen LogP contribution in [0, 0.1) is 17.1 Å². The summed E-state index contributed by atoms with van der Waals surface area (Å²) in [6, 6.07) is 14.4. The van der Waals surface area contributed by atoms with Crippen molar-refractivity contribution in [3.63, 3.8) is 0 Å². The van der Waals surface area contributed by atoms with Crippen LogP contribution in [0.2, 0.25) is 0 Å². The number of nitriles is 1. The maximum Gasteiger partial charge on any atom is 0.416 e. The summed E-state index contributed by atoms with van der Waals surface area (Å²) in [5.41, 5.74) is 0.700. The number of nitrogens with one attached hydrogen (secondary N) is 3. The molecule has 2 heterocycles. The van der Waals surface area contributed by atoms with Gasteiger partial charge in [-0.2, -0.15) is 18.4 Å². The number of nitrogens with zero attached hydrogens (tertiary/aromatic N) is 2. The Morgan fingerprint density at radius 2 is 1.70 bits per heavy atom. The number of H-pyrrole nitrogens is 1. The van der Waals surface area contributed by atoms with E-state index in [4.69, 9.17) is 0 Å². The van der Waals surface area contributed by atoms with Crippen LogP contribution in [0.4, 0.5) is 40.4 Å². The van der Waals surface area contributed by atoms with Gasteiger partial charge in [0.05, 0.1) is 5.56 Å². The summed E-state index contributed by atoms with van der Waals surface area (Å²) < 4.78 is 52.5. The van der Waals surface area contributed by atoms with Gasteiger partial charge in [-0.15, -0.1) is 0 Å². The first-order chi connectivity index (χ1) is 14.3. The van der Waals surface area contributed by atoms with Gasteiger partial charge in [0.2, 0.25) is 0 Å². The lowest BCUT2D eigenvalue weighted by Gasteiger charge is -2.13. The van der Waals surface area contributed by atoms with Gasteiger partial charge in [0, 0.05) is 34.8 Å². The van der Waals surface area contributed by atoms with Gasteiger partial charge in [0.15, 0.2) is 0 Å². The molecule has 0 fully saturated rings. The van der Waals surface area contributed by atoms with E-state index in [9.17, 15) is 22.8 Å². The van der Waals surface area contributed by atoms with Crippen molar-refractivity contribution >= 4 is 33.8 Å². The zero-order chi connectivity index (χ0) is 21.3. The summed E-state index contributed by atoms with van der Waals surface area (Å²) in [7, 11) is 0. The zero-order valence-corrected chi connectivity index (χ0v) is 15.2. The van der Waals surface area contributed by atoms with Gasteiger partial charge in [-0.25, -0.2) is 9.37 Å². The van der Waals surface area contributed by atoms with E-state index in [0.29, 0.717) is 17.6 Å². The van der Waals surface area contributed by atoms with Crippen LogP contribution in [0.25, 0.3) is 10.9 Å². The third-order valence-electron chi connectivity index (χ3n) is 4.28. The first kappa shape index (κ1) is 19.3. The second-order valence-corrected chi connectivity index (χ2v) is 6.49. The number of anilines is 4.